The Morgan fingerprint density at radius 3 is 1.65 bits per heavy atom. The summed E-state index contributed by atoms with van der Waals surface area (Å²) in [5.74, 6) is -1.01. The molecule has 51 heavy (non-hydrogen) atoms. The first-order chi connectivity index (χ1) is 24.0. The summed E-state index contributed by atoms with van der Waals surface area (Å²) in [5.41, 5.74) is 5.62. The van der Waals surface area contributed by atoms with E-state index in [1.807, 2.05) is 52.7 Å². The van der Waals surface area contributed by atoms with Crippen molar-refractivity contribution >= 4 is 59.0 Å². The van der Waals surface area contributed by atoms with Gasteiger partial charge in [-0.2, -0.15) is 0 Å². The molecule has 0 aliphatic rings. The summed E-state index contributed by atoms with van der Waals surface area (Å²) in [4.78, 5) is 24.2. The van der Waals surface area contributed by atoms with E-state index in [4.69, 9.17) is 28.4 Å². The smallest absolute Gasteiger partial charge is 0.332 e. The molecular weight excluding hydrogens is 725 g/mol. The lowest BCUT2D eigenvalue weighted by Crippen LogP contribution is -2.42. The van der Waals surface area contributed by atoms with Crippen LogP contribution in [0.2, 0.25) is 0 Å². The highest BCUT2D eigenvalue weighted by atomic mass is 32.2. The van der Waals surface area contributed by atoms with Gasteiger partial charge in [0.05, 0.1) is 22.4 Å². The number of carbonyl (C=O) groups is 2. The van der Waals surface area contributed by atoms with Crippen molar-refractivity contribution in [3.05, 3.63) is 83.0 Å². The number of hydrogen-bond donors (Lipinski definition) is 0. The SMILES string of the molecule is C=CC(=O)OC(C)C(OCC(SC)SC)Oc1c(C)cc(C(C)(C)c2cc(C)c(OCC(C)(OCC(SC)SC)OC(=O)C=C)c(C)c2)cc1C. The zero-order valence-electron chi connectivity index (χ0n) is 32.2. The highest BCUT2D eigenvalue weighted by Gasteiger charge is 2.33. The molecule has 0 saturated heterocycles. The number of ether oxygens (including phenoxy) is 6. The van der Waals surface area contributed by atoms with Crippen molar-refractivity contribution in [3.8, 4) is 11.5 Å². The molecule has 3 atom stereocenters. The highest BCUT2D eigenvalue weighted by molar-refractivity contribution is 8.16. The van der Waals surface area contributed by atoms with Gasteiger partial charge in [0.1, 0.15) is 11.5 Å². The van der Waals surface area contributed by atoms with E-state index in [1.165, 1.54) is 0 Å². The Hall–Kier alpha value is -2.22. The maximum absolute atomic E-state index is 12.2. The molecule has 0 N–H and O–H groups in total. The molecule has 0 aromatic heterocycles. The van der Waals surface area contributed by atoms with Crippen LogP contribution in [0.4, 0.5) is 0 Å². The number of benzene rings is 2. The van der Waals surface area contributed by atoms with E-state index in [9.17, 15) is 9.59 Å². The molecule has 0 fully saturated rings. The molecule has 8 nitrogen and oxygen atoms in total. The first kappa shape index (κ1) is 44.9. The Morgan fingerprint density at radius 2 is 1.20 bits per heavy atom. The normalized spacial score (nSPS) is 14.1. The van der Waals surface area contributed by atoms with Crippen LogP contribution in [-0.2, 0) is 34.0 Å². The quantitative estimate of drug-likeness (QED) is 0.0649. The van der Waals surface area contributed by atoms with Crippen LogP contribution in [0.15, 0.2) is 49.6 Å². The number of rotatable bonds is 22. The third-order valence-corrected chi connectivity index (χ3v) is 13.3. The molecule has 0 heterocycles. The van der Waals surface area contributed by atoms with Gasteiger partial charge in [0, 0.05) is 24.5 Å². The molecule has 0 saturated carbocycles. The fourth-order valence-electron chi connectivity index (χ4n) is 5.31. The van der Waals surface area contributed by atoms with Crippen LogP contribution in [0.25, 0.3) is 0 Å². The summed E-state index contributed by atoms with van der Waals surface area (Å²) in [6, 6.07) is 8.54. The van der Waals surface area contributed by atoms with E-state index in [0.717, 1.165) is 45.5 Å². The van der Waals surface area contributed by atoms with Gasteiger partial charge < -0.3 is 28.4 Å². The van der Waals surface area contributed by atoms with E-state index in [2.05, 4.69) is 51.3 Å². The van der Waals surface area contributed by atoms with Crippen molar-refractivity contribution < 1.29 is 38.0 Å². The number of carbonyl (C=O) groups excluding carboxylic acids is 2. The fraction of sp³-hybridized carbons (Fsp3) is 0.538. The van der Waals surface area contributed by atoms with Crippen molar-refractivity contribution in [2.75, 3.05) is 44.8 Å². The van der Waals surface area contributed by atoms with E-state index in [-0.39, 0.29) is 21.2 Å². The van der Waals surface area contributed by atoms with Gasteiger partial charge in [0.25, 0.3) is 0 Å². The van der Waals surface area contributed by atoms with Gasteiger partial charge in [-0.1, -0.05) is 51.3 Å². The topological polar surface area (TPSA) is 89.5 Å². The summed E-state index contributed by atoms with van der Waals surface area (Å²) >= 11 is 6.73. The Morgan fingerprint density at radius 1 is 0.745 bits per heavy atom. The van der Waals surface area contributed by atoms with Crippen molar-refractivity contribution in [2.45, 2.75) is 88.1 Å². The lowest BCUT2D eigenvalue weighted by Gasteiger charge is -2.32. The van der Waals surface area contributed by atoms with Crippen molar-refractivity contribution in [3.63, 3.8) is 0 Å². The molecule has 284 valence electrons. The second-order valence-electron chi connectivity index (χ2n) is 12.8. The Balaban J connectivity index is 2.38. The molecule has 3 unspecified atom stereocenters. The number of aryl methyl sites for hydroxylation is 4. The van der Waals surface area contributed by atoms with E-state index in [0.29, 0.717) is 24.7 Å². The largest absolute Gasteiger partial charge is 0.486 e. The molecule has 2 aromatic carbocycles. The lowest BCUT2D eigenvalue weighted by atomic mass is 9.76. The van der Waals surface area contributed by atoms with Crippen LogP contribution in [-0.4, -0.2) is 84.1 Å². The van der Waals surface area contributed by atoms with Crippen molar-refractivity contribution in [1.29, 1.82) is 0 Å². The van der Waals surface area contributed by atoms with Crippen LogP contribution in [0.3, 0.4) is 0 Å². The van der Waals surface area contributed by atoms with E-state index < -0.39 is 30.1 Å². The van der Waals surface area contributed by atoms with Crippen LogP contribution < -0.4 is 9.47 Å². The first-order valence-electron chi connectivity index (χ1n) is 16.6. The van der Waals surface area contributed by atoms with E-state index >= 15 is 0 Å². The predicted molar refractivity (Wildman–Crippen MR) is 218 cm³/mol. The molecule has 0 spiro atoms. The molecule has 12 heteroatoms. The molecule has 0 aliphatic carbocycles. The minimum atomic E-state index is -1.30. The Labute approximate surface area is 322 Å². The van der Waals surface area contributed by atoms with E-state index in [1.54, 1.807) is 60.9 Å². The second-order valence-corrected chi connectivity index (χ2v) is 17.6. The Bertz CT molecular complexity index is 1440. The van der Waals surface area contributed by atoms with Crippen LogP contribution in [0, 0.1) is 27.7 Å². The van der Waals surface area contributed by atoms with Gasteiger partial charge in [-0.3, -0.25) is 0 Å². The monoisotopic (exact) mass is 780 g/mol. The van der Waals surface area contributed by atoms with Crippen molar-refractivity contribution in [1.82, 2.24) is 0 Å². The summed E-state index contributed by atoms with van der Waals surface area (Å²) in [6.45, 7) is 23.8. The zero-order chi connectivity index (χ0) is 38.5. The summed E-state index contributed by atoms with van der Waals surface area (Å²) in [7, 11) is 0. The summed E-state index contributed by atoms with van der Waals surface area (Å²) in [5, 5.41) is 0. The summed E-state index contributed by atoms with van der Waals surface area (Å²) in [6.07, 6.45) is 8.88. The summed E-state index contributed by atoms with van der Waals surface area (Å²) < 4.78 is 36.6. The van der Waals surface area contributed by atoms with Crippen molar-refractivity contribution in [2.24, 2.45) is 0 Å². The average Bonchev–Trinajstić information content (AvgIpc) is 3.08. The minimum absolute atomic E-state index is 0.0116. The minimum Gasteiger partial charge on any atom is -0.486 e. The highest BCUT2D eigenvalue weighted by Crippen LogP contribution is 2.39. The van der Waals surface area contributed by atoms with Gasteiger partial charge >= 0.3 is 11.9 Å². The van der Waals surface area contributed by atoms with Gasteiger partial charge in [-0.05, 0) is 93.0 Å². The van der Waals surface area contributed by atoms with Crippen LogP contribution >= 0.6 is 47.0 Å². The van der Waals surface area contributed by atoms with Crippen LogP contribution in [0.1, 0.15) is 61.1 Å². The lowest BCUT2D eigenvalue weighted by molar-refractivity contribution is -0.228. The third-order valence-electron chi connectivity index (χ3n) is 8.38. The average molecular weight is 781 g/mol. The first-order valence-corrected chi connectivity index (χ1v) is 21.7. The van der Waals surface area contributed by atoms with Gasteiger partial charge in [-0.15, -0.1) is 47.0 Å². The molecule has 2 rings (SSSR count). The Kier molecular flexibility index (Phi) is 18.4. The molecule has 2 aromatic rings. The zero-order valence-corrected chi connectivity index (χ0v) is 35.5. The molecule has 0 amide bonds. The van der Waals surface area contributed by atoms with Gasteiger partial charge in [-0.25, -0.2) is 9.59 Å². The van der Waals surface area contributed by atoms with Crippen LogP contribution in [0.5, 0.6) is 11.5 Å². The molecule has 0 bridgehead atoms. The standard InChI is InChI=1S/C39H56O8S4/c1-15-31(40)45-28(7)37(42-21-33(48-11)49-12)46-36-26(5)19-30(20-27(36)6)38(8,9)29-17-24(3)35(25(4)18-29)43-23-39(10,47-32(41)16-2)44-22-34(50-13)51-14/h15-20,28,33-34,37H,1-2,21-23H2,3-14H3. The number of esters is 2. The second kappa shape index (κ2) is 20.9. The maximum Gasteiger partial charge on any atom is 0.332 e. The maximum atomic E-state index is 12.2. The molecular formula is C39H56O8S4. The number of thioether (sulfide) groups is 4. The third kappa shape index (κ3) is 13.0. The fourth-order valence-corrected chi connectivity index (χ4v) is 7.69. The molecule has 0 radical (unpaired) electrons. The predicted octanol–water partition coefficient (Wildman–Crippen LogP) is 9.03. The molecule has 0 aliphatic heterocycles. The van der Waals surface area contributed by atoms with Gasteiger partial charge in [0.2, 0.25) is 12.1 Å². The van der Waals surface area contributed by atoms with Gasteiger partial charge in [0.15, 0.2) is 12.7 Å². The number of hydrogen-bond acceptors (Lipinski definition) is 12.